The summed E-state index contributed by atoms with van der Waals surface area (Å²) in [5.41, 5.74) is -3.20. The van der Waals surface area contributed by atoms with Crippen molar-refractivity contribution in [3.05, 3.63) is 86.9 Å². The maximum Gasteiger partial charge on any atom is 0.209 e. The second-order valence-corrected chi connectivity index (χ2v) is 14.6. The molecule has 0 bridgehead atoms. The molecule has 5 rings (SSSR count). The molecule has 4 atom stereocenters. The molecule has 0 aliphatic heterocycles. The summed E-state index contributed by atoms with van der Waals surface area (Å²) >= 11 is 0. The van der Waals surface area contributed by atoms with Gasteiger partial charge in [0.15, 0.2) is 17.2 Å². The topological polar surface area (TPSA) is 149 Å². The number of carbonyl (C=O) groups is 4. The Labute approximate surface area is 269 Å². The van der Waals surface area contributed by atoms with E-state index in [1.54, 1.807) is 27.7 Å². The van der Waals surface area contributed by atoms with Crippen LogP contribution in [0.5, 0.6) is 5.75 Å². The summed E-state index contributed by atoms with van der Waals surface area (Å²) in [6, 6.07) is 11.2. The smallest absolute Gasteiger partial charge is 0.209 e. The van der Waals surface area contributed by atoms with E-state index in [1.165, 1.54) is 0 Å². The van der Waals surface area contributed by atoms with Crippen molar-refractivity contribution in [1.29, 1.82) is 0 Å². The average Bonchev–Trinajstić information content (AvgIpc) is 2.94. The van der Waals surface area contributed by atoms with Gasteiger partial charge in [-0.1, -0.05) is 77.9 Å². The number of ketones is 4. The molecule has 0 spiro atoms. The number of hydrogen-bond donors (Lipinski definition) is 4. The van der Waals surface area contributed by atoms with Gasteiger partial charge < -0.3 is 20.4 Å². The third kappa shape index (κ3) is 4.75. The van der Waals surface area contributed by atoms with Crippen LogP contribution >= 0.6 is 0 Å². The second-order valence-electron chi connectivity index (χ2n) is 14.6. The normalized spacial score (nSPS) is 27.6. The van der Waals surface area contributed by atoms with Crippen LogP contribution in [0, 0.1) is 22.7 Å². The number of phenols is 1. The second kappa shape index (κ2) is 11.3. The Morgan fingerprint density at radius 2 is 1.63 bits per heavy atom. The molecule has 4 N–H and O–H groups in total. The Balaban J connectivity index is 1.65. The molecule has 0 saturated heterocycles. The highest BCUT2D eigenvalue weighted by Gasteiger charge is 2.71. The van der Waals surface area contributed by atoms with E-state index in [0.29, 0.717) is 11.1 Å². The number of aromatic hydroxyl groups is 1. The SMILES string of the molecule is CC(=O)C1=C(O)C(C(C)C)[C@@]2(C)C[C@@]3(C)Cc4c(C(C)C)cc(CCC(=O)Cc5ccccc5)c(O)c4C(=O)C3=C(O)[C@@]2(O)C1=O. The Kier molecular flexibility index (Phi) is 8.21. The minimum atomic E-state index is -2.66. The fourth-order valence-electron chi connectivity index (χ4n) is 8.78. The van der Waals surface area contributed by atoms with Gasteiger partial charge in [0.05, 0.1) is 5.56 Å². The average molecular weight is 629 g/mol. The lowest BCUT2D eigenvalue weighted by molar-refractivity contribution is -0.171. The molecule has 1 unspecified atom stereocenters. The molecule has 0 aromatic heterocycles. The standard InChI is InChI=1S/C38H44O8/c1-19(2)25-16-23(13-14-24(40)15-22-11-9-8-10-12-22)31(41)28-26(25)17-36(6)18-37(7)29(20(3)4)32(42)27(21(5)39)34(44)38(37,46)35(45)30(36)33(28)43/h8-12,16,19-20,29,41-42,45-46H,13-15,17-18H2,1-7H3/t29?,36-,37-,38+/m1/s1. The van der Waals surface area contributed by atoms with E-state index in [1.807, 2.05) is 50.2 Å². The van der Waals surface area contributed by atoms with Gasteiger partial charge in [0.2, 0.25) is 5.78 Å². The summed E-state index contributed by atoms with van der Waals surface area (Å²) in [4.78, 5) is 53.9. The number of Topliss-reactive ketones (excluding diaryl/α,β-unsaturated/α-hetero) is 4. The summed E-state index contributed by atoms with van der Waals surface area (Å²) in [6.07, 6.45) is 0.847. The Morgan fingerprint density at radius 3 is 2.20 bits per heavy atom. The molecule has 46 heavy (non-hydrogen) atoms. The van der Waals surface area contributed by atoms with Gasteiger partial charge >= 0.3 is 0 Å². The molecule has 0 fully saturated rings. The predicted octanol–water partition coefficient (Wildman–Crippen LogP) is 6.21. The zero-order valence-corrected chi connectivity index (χ0v) is 27.7. The van der Waals surface area contributed by atoms with Crippen molar-refractivity contribution >= 4 is 23.1 Å². The molecule has 0 amide bonds. The van der Waals surface area contributed by atoms with Crippen LogP contribution in [-0.2, 0) is 33.6 Å². The zero-order chi connectivity index (χ0) is 34.1. The van der Waals surface area contributed by atoms with Gasteiger partial charge in [-0.25, -0.2) is 0 Å². The number of aryl methyl sites for hydroxylation is 1. The third-order valence-electron chi connectivity index (χ3n) is 10.7. The number of fused-ring (bicyclic) bond motifs is 3. The largest absolute Gasteiger partial charge is 0.511 e. The van der Waals surface area contributed by atoms with E-state index in [9.17, 15) is 39.6 Å². The summed E-state index contributed by atoms with van der Waals surface area (Å²) < 4.78 is 0. The molecule has 0 saturated carbocycles. The monoisotopic (exact) mass is 628 g/mol. The zero-order valence-electron chi connectivity index (χ0n) is 27.7. The molecule has 8 nitrogen and oxygen atoms in total. The van der Waals surface area contributed by atoms with Gasteiger partial charge in [-0.05, 0) is 60.3 Å². The first-order valence-electron chi connectivity index (χ1n) is 16.0. The van der Waals surface area contributed by atoms with Crippen LogP contribution < -0.4 is 0 Å². The van der Waals surface area contributed by atoms with Gasteiger partial charge in [0.1, 0.15) is 28.6 Å². The number of allylic oxidation sites excluding steroid dienone is 2. The highest BCUT2D eigenvalue weighted by Crippen LogP contribution is 2.65. The lowest BCUT2D eigenvalue weighted by atomic mass is 9.44. The first kappa shape index (κ1) is 33.3. The minimum Gasteiger partial charge on any atom is -0.511 e. The molecule has 244 valence electrons. The van der Waals surface area contributed by atoms with Crippen molar-refractivity contribution < 1.29 is 39.6 Å². The maximum atomic E-state index is 14.5. The van der Waals surface area contributed by atoms with E-state index in [4.69, 9.17) is 0 Å². The van der Waals surface area contributed by atoms with E-state index < -0.39 is 56.8 Å². The molecular formula is C38H44O8. The first-order valence-corrected chi connectivity index (χ1v) is 16.0. The highest BCUT2D eigenvalue weighted by atomic mass is 16.3. The van der Waals surface area contributed by atoms with Crippen LogP contribution in [0.3, 0.4) is 0 Å². The minimum absolute atomic E-state index is 0.00298. The van der Waals surface area contributed by atoms with Crippen molar-refractivity contribution in [2.75, 3.05) is 0 Å². The fourth-order valence-corrected chi connectivity index (χ4v) is 8.78. The summed E-state index contributed by atoms with van der Waals surface area (Å²) in [5, 5.41) is 47.1. The highest BCUT2D eigenvalue weighted by molar-refractivity contribution is 6.25. The number of hydrogen-bond acceptors (Lipinski definition) is 8. The fraction of sp³-hybridized carbons (Fsp3) is 0.474. The van der Waals surface area contributed by atoms with Crippen LogP contribution in [0.4, 0.5) is 0 Å². The molecule has 3 aliphatic carbocycles. The molecular weight excluding hydrogens is 584 g/mol. The number of phenolic OH excluding ortho intramolecular Hbond substituents is 1. The number of aliphatic hydroxyl groups excluding tert-OH is 2. The molecule has 3 aliphatic rings. The van der Waals surface area contributed by atoms with E-state index in [-0.39, 0.29) is 66.6 Å². The van der Waals surface area contributed by atoms with Crippen LogP contribution in [-0.4, -0.2) is 49.2 Å². The number of benzene rings is 2. The number of rotatable bonds is 8. The Hall–Kier alpha value is -4.04. The lowest BCUT2D eigenvalue weighted by Gasteiger charge is -2.59. The maximum absolute atomic E-state index is 14.5. The van der Waals surface area contributed by atoms with Crippen molar-refractivity contribution in [2.45, 2.75) is 92.1 Å². The summed E-state index contributed by atoms with van der Waals surface area (Å²) in [7, 11) is 0. The number of aliphatic hydroxyl groups is 3. The van der Waals surface area contributed by atoms with Crippen molar-refractivity contribution in [2.24, 2.45) is 22.7 Å². The van der Waals surface area contributed by atoms with E-state index in [0.717, 1.165) is 18.1 Å². The number of carbonyl (C=O) groups excluding carboxylic acids is 4. The van der Waals surface area contributed by atoms with Gasteiger partial charge in [-0.3, -0.25) is 19.2 Å². The van der Waals surface area contributed by atoms with Gasteiger partial charge in [0, 0.05) is 35.2 Å². The van der Waals surface area contributed by atoms with E-state index in [2.05, 4.69) is 0 Å². The third-order valence-corrected chi connectivity index (χ3v) is 10.7. The van der Waals surface area contributed by atoms with Gasteiger partial charge in [-0.2, -0.15) is 0 Å². The van der Waals surface area contributed by atoms with Gasteiger partial charge in [0.25, 0.3) is 0 Å². The van der Waals surface area contributed by atoms with Gasteiger partial charge in [-0.15, -0.1) is 0 Å². The Morgan fingerprint density at radius 1 is 1.00 bits per heavy atom. The van der Waals surface area contributed by atoms with Crippen LogP contribution in [0.2, 0.25) is 0 Å². The van der Waals surface area contributed by atoms with Crippen LogP contribution in [0.25, 0.3) is 0 Å². The molecule has 0 radical (unpaired) electrons. The van der Waals surface area contributed by atoms with E-state index >= 15 is 0 Å². The molecule has 2 aromatic rings. The molecule has 2 aromatic carbocycles. The molecule has 8 heteroatoms. The van der Waals surface area contributed by atoms with Crippen molar-refractivity contribution in [1.82, 2.24) is 0 Å². The molecule has 0 heterocycles. The quantitative estimate of drug-likeness (QED) is 0.252. The van der Waals surface area contributed by atoms with Crippen LogP contribution in [0.15, 0.2) is 59.1 Å². The summed E-state index contributed by atoms with van der Waals surface area (Å²) in [6.45, 7) is 12.1. The van der Waals surface area contributed by atoms with Crippen LogP contribution in [0.1, 0.15) is 99.8 Å². The predicted molar refractivity (Wildman–Crippen MR) is 173 cm³/mol. The van der Waals surface area contributed by atoms with Crippen molar-refractivity contribution in [3.8, 4) is 5.75 Å². The lowest BCUT2D eigenvalue weighted by Crippen LogP contribution is -2.67. The summed E-state index contributed by atoms with van der Waals surface area (Å²) in [5.74, 6) is -5.40. The first-order chi connectivity index (χ1) is 21.4. The Bertz CT molecular complexity index is 1730. The van der Waals surface area contributed by atoms with Crippen molar-refractivity contribution in [3.63, 3.8) is 0 Å².